The van der Waals surface area contributed by atoms with Crippen LogP contribution in [0, 0.1) is 5.92 Å². The standard InChI is InChI=1S/C12H15N3O2/c1-17-11-5-4-10(13-14-11)12(16)15-7-8-2-3-9(15)6-8/h4-5,8-9H,2-3,6-7H2,1H3/t8-,9+/m0/s1. The van der Waals surface area contributed by atoms with Gasteiger partial charge in [0.05, 0.1) is 7.11 Å². The molecule has 2 atom stereocenters. The minimum atomic E-state index is 0.00681. The maximum atomic E-state index is 12.2. The lowest BCUT2D eigenvalue weighted by Gasteiger charge is -2.26. The molecule has 1 aromatic rings. The number of aromatic nitrogens is 2. The molecule has 5 heteroatoms. The van der Waals surface area contributed by atoms with Crippen LogP contribution >= 0.6 is 0 Å². The molecule has 1 aliphatic carbocycles. The highest BCUT2D eigenvalue weighted by Crippen LogP contribution is 2.37. The number of rotatable bonds is 2. The van der Waals surface area contributed by atoms with E-state index in [1.807, 2.05) is 4.90 Å². The lowest BCUT2D eigenvalue weighted by Crippen LogP contribution is -2.38. The fourth-order valence-corrected chi connectivity index (χ4v) is 2.86. The number of nitrogens with zero attached hydrogens (tertiary/aromatic N) is 3. The van der Waals surface area contributed by atoms with Gasteiger partial charge in [0.15, 0.2) is 5.69 Å². The summed E-state index contributed by atoms with van der Waals surface area (Å²) in [6.07, 6.45) is 3.57. The summed E-state index contributed by atoms with van der Waals surface area (Å²) >= 11 is 0. The summed E-state index contributed by atoms with van der Waals surface area (Å²) < 4.78 is 4.93. The molecule has 5 nitrogen and oxygen atoms in total. The zero-order chi connectivity index (χ0) is 11.8. The van der Waals surface area contributed by atoms with E-state index in [0.29, 0.717) is 23.5 Å². The first-order chi connectivity index (χ1) is 8.28. The Labute approximate surface area is 99.8 Å². The van der Waals surface area contributed by atoms with Crippen LogP contribution in [0.5, 0.6) is 5.88 Å². The fourth-order valence-electron chi connectivity index (χ4n) is 2.86. The van der Waals surface area contributed by atoms with E-state index in [1.54, 1.807) is 12.1 Å². The number of carbonyl (C=O) groups is 1. The highest BCUT2D eigenvalue weighted by atomic mass is 16.5. The summed E-state index contributed by atoms with van der Waals surface area (Å²) in [4.78, 5) is 14.2. The second kappa shape index (κ2) is 3.98. The highest BCUT2D eigenvalue weighted by Gasteiger charge is 2.40. The molecule has 1 saturated heterocycles. The van der Waals surface area contributed by atoms with Gasteiger partial charge in [-0.2, -0.15) is 0 Å². The molecule has 0 radical (unpaired) electrons. The maximum absolute atomic E-state index is 12.2. The number of hydrogen-bond donors (Lipinski definition) is 0. The molecule has 1 amide bonds. The third-order valence-corrected chi connectivity index (χ3v) is 3.74. The van der Waals surface area contributed by atoms with Crippen LogP contribution < -0.4 is 4.74 Å². The van der Waals surface area contributed by atoms with E-state index in [2.05, 4.69) is 10.2 Å². The SMILES string of the molecule is COc1ccc(C(=O)N2C[C@H]3CC[C@@H]2C3)nn1. The summed E-state index contributed by atoms with van der Waals surface area (Å²) in [6.45, 7) is 0.886. The zero-order valence-electron chi connectivity index (χ0n) is 9.80. The second-order valence-electron chi connectivity index (χ2n) is 4.75. The predicted molar refractivity (Wildman–Crippen MR) is 60.7 cm³/mol. The Balaban J connectivity index is 1.77. The number of carbonyl (C=O) groups excluding carboxylic acids is 1. The monoisotopic (exact) mass is 233 g/mol. The Hall–Kier alpha value is -1.65. The summed E-state index contributed by atoms with van der Waals surface area (Å²) in [5, 5.41) is 7.74. The largest absolute Gasteiger partial charge is 0.480 e. The zero-order valence-corrected chi connectivity index (χ0v) is 9.80. The summed E-state index contributed by atoms with van der Waals surface area (Å²) in [7, 11) is 1.53. The Kier molecular flexibility index (Phi) is 2.46. The molecule has 1 aromatic heterocycles. The van der Waals surface area contributed by atoms with Crippen molar-refractivity contribution in [2.75, 3.05) is 13.7 Å². The van der Waals surface area contributed by atoms with Gasteiger partial charge in [-0.05, 0) is 31.2 Å². The van der Waals surface area contributed by atoms with Crippen LogP contribution in [-0.4, -0.2) is 40.7 Å². The van der Waals surface area contributed by atoms with Crippen LogP contribution in [0.15, 0.2) is 12.1 Å². The third kappa shape index (κ3) is 1.75. The molecule has 2 fully saturated rings. The smallest absolute Gasteiger partial charge is 0.274 e. The number of fused-ring (bicyclic) bond motifs is 2. The molecule has 1 saturated carbocycles. The first-order valence-corrected chi connectivity index (χ1v) is 5.96. The topological polar surface area (TPSA) is 55.3 Å². The van der Waals surface area contributed by atoms with E-state index >= 15 is 0 Å². The lowest BCUT2D eigenvalue weighted by molar-refractivity contribution is 0.0696. The minimum absolute atomic E-state index is 0.00681. The van der Waals surface area contributed by atoms with Gasteiger partial charge in [-0.15, -0.1) is 10.2 Å². The second-order valence-corrected chi connectivity index (χ2v) is 4.75. The Morgan fingerprint density at radius 2 is 2.29 bits per heavy atom. The van der Waals surface area contributed by atoms with Crippen LogP contribution in [0.4, 0.5) is 0 Å². The van der Waals surface area contributed by atoms with Crippen molar-refractivity contribution in [2.24, 2.45) is 5.92 Å². The van der Waals surface area contributed by atoms with Crippen molar-refractivity contribution in [1.82, 2.24) is 15.1 Å². The van der Waals surface area contributed by atoms with Gasteiger partial charge in [0.2, 0.25) is 5.88 Å². The van der Waals surface area contributed by atoms with Crippen LogP contribution in [0.1, 0.15) is 29.8 Å². The quantitative estimate of drug-likeness (QED) is 0.767. The van der Waals surface area contributed by atoms with Crippen molar-refractivity contribution in [3.8, 4) is 5.88 Å². The molecule has 3 rings (SSSR count). The van der Waals surface area contributed by atoms with Crippen molar-refractivity contribution in [3.05, 3.63) is 17.8 Å². The molecular weight excluding hydrogens is 218 g/mol. The number of ether oxygens (including phenoxy) is 1. The van der Waals surface area contributed by atoms with Crippen molar-refractivity contribution >= 4 is 5.91 Å². The van der Waals surface area contributed by atoms with Crippen LogP contribution in [-0.2, 0) is 0 Å². The molecule has 2 heterocycles. The van der Waals surface area contributed by atoms with Gasteiger partial charge in [-0.1, -0.05) is 0 Å². The number of methoxy groups -OCH3 is 1. The van der Waals surface area contributed by atoms with Crippen molar-refractivity contribution < 1.29 is 9.53 Å². The minimum Gasteiger partial charge on any atom is -0.480 e. The Morgan fingerprint density at radius 3 is 2.82 bits per heavy atom. The van der Waals surface area contributed by atoms with Crippen molar-refractivity contribution in [3.63, 3.8) is 0 Å². The van der Waals surface area contributed by atoms with Gasteiger partial charge in [-0.25, -0.2) is 0 Å². The number of amides is 1. The first-order valence-electron chi connectivity index (χ1n) is 5.96. The summed E-state index contributed by atoms with van der Waals surface area (Å²) in [5.74, 6) is 1.15. The highest BCUT2D eigenvalue weighted by molar-refractivity contribution is 5.92. The predicted octanol–water partition coefficient (Wildman–Crippen LogP) is 1.11. The van der Waals surface area contributed by atoms with Crippen LogP contribution in [0.3, 0.4) is 0 Å². The molecule has 1 aliphatic heterocycles. The van der Waals surface area contributed by atoms with Gasteiger partial charge in [0.1, 0.15) is 0 Å². The van der Waals surface area contributed by atoms with Gasteiger partial charge in [0.25, 0.3) is 5.91 Å². The van der Waals surface area contributed by atoms with Crippen molar-refractivity contribution in [2.45, 2.75) is 25.3 Å². The number of hydrogen-bond acceptors (Lipinski definition) is 4. The van der Waals surface area contributed by atoms with E-state index in [0.717, 1.165) is 19.4 Å². The molecule has 90 valence electrons. The van der Waals surface area contributed by atoms with Gasteiger partial charge < -0.3 is 9.64 Å². The normalized spacial score (nSPS) is 26.3. The summed E-state index contributed by atoms with van der Waals surface area (Å²) in [5.41, 5.74) is 0.415. The van der Waals surface area contributed by atoms with E-state index in [1.165, 1.54) is 13.5 Å². The molecular formula is C12H15N3O2. The van der Waals surface area contributed by atoms with Gasteiger partial charge in [-0.3, -0.25) is 4.79 Å². The van der Waals surface area contributed by atoms with E-state index in [4.69, 9.17) is 4.74 Å². The molecule has 0 N–H and O–H groups in total. The number of piperidine rings is 1. The Bertz CT molecular complexity index is 432. The molecule has 0 unspecified atom stereocenters. The maximum Gasteiger partial charge on any atom is 0.274 e. The molecule has 17 heavy (non-hydrogen) atoms. The van der Waals surface area contributed by atoms with Gasteiger partial charge >= 0.3 is 0 Å². The van der Waals surface area contributed by atoms with E-state index in [9.17, 15) is 4.79 Å². The van der Waals surface area contributed by atoms with Crippen LogP contribution in [0.2, 0.25) is 0 Å². The van der Waals surface area contributed by atoms with Crippen molar-refractivity contribution in [1.29, 1.82) is 0 Å². The van der Waals surface area contributed by atoms with E-state index in [-0.39, 0.29) is 5.91 Å². The average molecular weight is 233 g/mol. The van der Waals surface area contributed by atoms with E-state index < -0.39 is 0 Å². The Morgan fingerprint density at radius 1 is 1.41 bits per heavy atom. The molecule has 2 aliphatic rings. The molecule has 0 spiro atoms. The summed E-state index contributed by atoms with van der Waals surface area (Å²) in [6, 6.07) is 3.78. The molecule has 0 aromatic carbocycles. The van der Waals surface area contributed by atoms with Crippen LogP contribution in [0.25, 0.3) is 0 Å². The third-order valence-electron chi connectivity index (χ3n) is 3.74. The fraction of sp³-hybridized carbons (Fsp3) is 0.583. The lowest BCUT2D eigenvalue weighted by atomic mass is 10.1. The van der Waals surface area contributed by atoms with Gasteiger partial charge in [0, 0.05) is 18.7 Å². The average Bonchev–Trinajstić information content (AvgIpc) is 3.00. The number of likely N-dealkylation sites (tertiary alicyclic amines) is 1. The first kappa shape index (κ1) is 10.5. The molecule has 2 bridgehead atoms.